The number of benzene rings is 1. The topological polar surface area (TPSA) is 66.8 Å². The van der Waals surface area contributed by atoms with Gasteiger partial charge in [0.2, 0.25) is 0 Å². The minimum atomic E-state index is -3.17. The van der Waals surface area contributed by atoms with E-state index in [1.54, 1.807) is 24.3 Å². The van der Waals surface area contributed by atoms with E-state index in [0.29, 0.717) is 31.1 Å². The van der Waals surface area contributed by atoms with Crippen molar-refractivity contribution in [1.29, 1.82) is 0 Å². The summed E-state index contributed by atoms with van der Waals surface area (Å²) in [5.74, 6) is 0.170. The number of anilines is 1. The smallest absolute Gasteiger partial charge is 0.178 e. The van der Waals surface area contributed by atoms with Crippen LogP contribution in [0.1, 0.15) is 13.3 Å². The van der Waals surface area contributed by atoms with Gasteiger partial charge in [-0.1, -0.05) is 6.92 Å². The van der Waals surface area contributed by atoms with Crippen molar-refractivity contribution in [2.75, 3.05) is 37.0 Å². The second kappa shape index (κ2) is 6.56. The summed E-state index contributed by atoms with van der Waals surface area (Å²) in [5, 5.41) is 9.36. The van der Waals surface area contributed by atoms with Gasteiger partial charge in [0.05, 0.1) is 36.5 Å². The SMILES string of the molecule is CCCS(=O)(=O)c1ccc(N2CCOCC2CO)cc1. The van der Waals surface area contributed by atoms with Gasteiger partial charge in [0, 0.05) is 12.2 Å². The van der Waals surface area contributed by atoms with Crippen LogP contribution in [-0.4, -0.2) is 51.7 Å². The first-order valence-corrected chi connectivity index (χ1v) is 8.51. The molecule has 1 fully saturated rings. The fourth-order valence-corrected chi connectivity index (χ4v) is 3.70. The molecular weight excluding hydrogens is 278 g/mol. The number of aliphatic hydroxyl groups excluding tert-OH is 1. The summed E-state index contributed by atoms with van der Waals surface area (Å²) in [7, 11) is -3.17. The van der Waals surface area contributed by atoms with Crippen molar-refractivity contribution >= 4 is 15.5 Å². The van der Waals surface area contributed by atoms with Crippen LogP contribution in [0.2, 0.25) is 0 Å². The second-order valence-electron chi connectivity index (χ2n) is 4.92. The molecule has 20 heavy (non-hydrogen) atoms. The molecule has 0 aromatic heterocycles. The summed E-state index contributed by atoms with van der Waals surface area (Å²) < 4.78 is 29.3. The van der Waals surface area contributed by atoms with Crippen molar-refractivity contribution in [2.45, 2.75) is 24.3 Å². The van der Waals surface area contributed by atoms with Gasteiger partial charge in [-0.05, 0) is 30.7 Å². The van der Waals surface area contributed by atoms with Gasteiger partial charge in [-0.25, -0.2) is 8.42 Å². The summed E-state index contributed by atoms with van der Waals surface area (Å²) in [6, 6.07) is 6.82. The third-order valence-electron chi connectivity index (χ3n) is 3.44. The fourth-order valence-electron chi connectivity index (χ4n) is 2.38. The van der Waals surface area contributed by atoms with Crippen LogP contribution in [-0.2, 0) is 14.6 Å². The summed E-state index contributed by atoms with van der Waals surface area (Å²) in [5.41, 5.74) is 0.919. The van der Waals surface area contributed by atoms with Gasteiger partial charge in [-0.15, -0.1) is 0 Å². The van der Waals surface area contributed by atoms with Gasteiger partial charge in [-0.3, -0.25) is 0 Å². The third kappa shape index (κ3) is 3.31. The van der Waals surface area contributed by atoms with Gasteiger partial charge in [0.1, 0.15) is 0 Å². The maximum atomic E-state index is 12.0. The van der Waals surface area contributed by atoms with Crippen molar-refractivity contribution < 1.29 is 18.3 Å². The van der Waals surface area contributed by atoms with Crippen LogP contribution >= 0.6 is 0 Å². The molecule has 1 aromatic rings. The minimum absolute atomic E-state index is 0.0237. The van der Waals surface area contributed by atoms with Crippen LogP contribution < -0.4 is 4.90 Å². The summed E-state index contributed by atoms with van der Waals surface area (Å²) >= 11 is 0. The Balaban J connectivity index is 2.19. The Kier molecular flexibility index (Phi) is 5.01. The molecule has 1 N–H and O–H groups in total. The molecule has 1 heterocycles. The lowest BCUT2D eigenvalue weighted by molar-refractivity contribution is 0.0727. The van der Waals surface area contributed by atoms with E-state index in [0.717, 1.165) is 5.69 Å². The molecule has 1 aliphatic rings. The van der Waals surface area contributed by atoms with Crippen molar-refractivity contribution in [3.63, 3.8) is 0 Å². The van der Waals surface area contributed by atoms with Crippen LogP contribution in [0, 0.1) is 0 Å². The highest BCUT2D eigenvalue weighted by atomic mass is 32.2. The molecule has 5 nitrogen and oxygen atoms in total. The average molecular weight is 299 g/mol. The van der Waals surface area contributed by atoms with Crippen LogP contribution in [0.3, 0.4) is 0 Å². The number of rotatable bonds is 5. The number of sulfone groups is 1. The highest BCUT2D eigenvalue weighted by molar-refractivity contribution is 7.91. The maximum Gasteiger partial charge on any atom is 0.178 e. The van der Waals surface area contributed by atoms with Gasteiger partial charge >= 0.3 is 0 Å². The predicted octanol–water partition coefficient (Wildman–Crippen LogP) is 1.07. The molecule has 1 aliphatic heterocycles. The first kappa shape index (κ1) is 15.3. The monoisotopic (exact) mass is 299 g/mol. The molecule has 0 bridgehead atoms. The summed E-state index contributed by atoms with van der Waals surface area (Å²) in [6.45, 7) is 3.69. The lowest BCUT2D eigenvalue weighted by Gasteiger charge is -2.36. The molecule has 1 aromatic carbocycles. The zero-order valence-electron chi connectivity index (χ0n) is 11.7. The molecule has 0 amide bonds. The van der Waals surface area contributed by atoms with Gasteiger partial charge in [0.25, 0.3) is 0 Å². The van der Waals surface area contributed by atoms with E-state index >= 15 is 0 Å². The number of morpholine rings is 1. The molecule has 0 aliphatic carbocycles. The second-order valence-corrected chi connectivity index (χ2v) is 7.03. The maximum absolute atomic E-state index is 12.0. The largest absolute Gasteiger partial charge is 0.394 e. The van der Waals surface area contributed by atoms with E-state index in [2.05, 4.69) is 4.90 Å². The first-order chi connectivity index (χ1) is 9.58. The Hall–Kier alpha value is -1.11. The zero-order valence-corrected chi connectivity index (χ0v) is 12.5. The Morgan fingerprint density at radius 2 is 2.05 bits per heavy atom. The van der Waals surface area contributed by atoms with Crippen molar-refractivity contribution in [1.82, 2.24) is 0 Å². The Labute approximate surface area is 120 Å². The molecule has 6 heteroatoms. The van der Waals surface area contributed by atoms with Crippen molar-refractivity contribution in [3.8, 4) is 0 Å². The van der Waals surface area contributed by atoms with Gasteiger partial charge in [-0.2, -0.15) is 0 Å². The predicted molar refractivity (Wildman–Crippen MR) is 77.8 cm³/mol. The van der Waals surface area contributed by atoms with E-state index in [-0.39, 0.29) is 18.4 Å². The number of aliphatic hydroxyl groups is 1. The van der Waals surface area contributed by atoms with Crippen LogP contribution in [0.15, 0.2) is 29.2 Å². The van der Waals surface area contributed by atoms with Crippen molar-refractivity contribution in [3.05, 3.63) is 24.3 Å². The molecule has 1 atom stereocenters. The minimum Gasteiger partial charge on any atom is -0.394 e. The number of ether oxygens (including phenoxy) is 1. The van der Waals surface area contributed by atoms with E-state index < -0.39 is 9.84 Å². The molecular formula is C14H21NO4S. The lowest BCUT2D eigenvalue weighted by Crippen LogP contribution is -2.47. The quantitative estimate of drug-likeness (QED) is 0.881. The Morgan fingerprint density at radius 3 is 2.65 bits per heavy atom. The molecule has 0 saturated carbocycles. The summed E-state index contributed by atoms with van der Waals surface area (Å²) in [6.07, 6.45) is 0.611. The van der Waals surface area contributed by atoms with Crippen LogP contribution in [0.4, 0.5) is 5.69 Å². The highest BCUT2D eigenvalue weighted by Gasteiger charge is 2.23. The van der Waals surface area contributed by atoms with Gasteiger partial charge in [0.15, 0.2) is 9.84 Å². The Bertz CT molecular complexity index is 527. The molecule has 1 unspecified atom stereocenters. The molecule has 0 spiro atoms. The summed E-state index contributed by atoms with van der Waals surface area (Å²) in [4.78, 5) is 2.41. The van der Waals surface area contributed by atoms with Crippen LogP contribution in [0.25, 0.3) is 0 Å². The van der Waals surface area contributed by atoms with E-state index in [1.807, 2.05) is 6.92 Å². The standard InChI is InChI=1S/C14H21NO4S/c1-2-9-20(17,18)14-5-3-12(4-6-14)15-7-8-19-11-13(15)10-16/h3-6,13,16H,2,7-11H2,1H3. The van der Waals surface area contributed by atoms with E-state index in [9.17, 15) is 13.5 Å². The molecule has 0 radical (unpaired) electrons. The zero-order chi connectivity index (χ0) is 14.6. The molecule has 1 saturated heterocycles. The number of hydrogen-bond donors (Lipinski definition) is 1. The third-order valence-corrected chi connectivity index (χ3v) is 5.37. The lowest BCUT2D eigenvalue weighted by atomic mass is 10.2. The normalized spacial score (nSPS) is 20.1. The van der Waals surface area contributed by atoms with E-state index in [1.165, 1.54) is 0 Å². The van der Waals surface area contributed by atoms with Crippen LogP contribution in [0.5, 0.6) is 0 Å². The van der Waals surface area contributed by atoms with Crippen molar-refractivity contribution in [2.24, 2.45) is 0 Å². The average Bonchev–Trinajstić information content (AvgIpc) is 2.47. The van der Waals surface area contributed by atoms with E-state index in [4.69, 9.17) is 4.74 Å². The number of nitrogens with zero attached hydrogens (tertiary/aromatic N) is 1. The Morgan fingerprint density at radius 1 is 1.35 bits per heavy atom. The molecule has 112 valence electrons. The fraction of sp³-hybridized carbons (Fsp3) is 0.571. The first-order valence-electron chi connectivity index (χ1n) is 6.86. The highest BCUT2D eigenvalue weighted by Crippen LogP contribution is 2.22. The van der Waals surface area contributed by atoms with Gasteiger partial charge < -0.3 is 14.7 Å². The molecule has 2 rings (SSSR count). The number of hydrogen-bond acceptors (Lipinski definition) is 5.